The lowest BCUT2D eigenvalue weighted by molar-refractivity contribution is -0.138. The van der Waals surface area contributed by atoms with E-state index in [2.05, 4.69) is 18.2 Å². The molecule has 4 unspecified atom stereocenters. The number of nitrogens with one attached hydrogen (secondary N) is 1. The molecule has 2 fully saturated rings. The smallest absolute Gasteiger partial charge is 0.317 e. The Morgan fingerprint density at radius 3 is 2.67 bits per heavy atom. The molecular weight excluding hydrogens is 268 g/mol. The first-order valence-corrected chi connectivity index (χ1v) is 7.66. The van der Waals surface area contributed by atoms with E-state index >= 15 is 0 Å². The van der Waals surface area contributed by atoms with Crippen LogP contribution in [0.25, 0.3) is 0 Å². The summed E-state index contributed by atoms with van der Waals surface area (Å²) in [5, 5.41) is 11.8. The van der Waals surface area contributed by atoms with Gasteiger partial charge in [-0.1, -0.05) is 12.3 Å². The van der Waals surface area contributed by atoms with Crippen molar-refractivity contribution in [3.63, 3.8) is 0 Å². The van der Waals surface area contributed by atoms with Crippen LogP contribution >= 0.6 is 0 Å². The molecule has 0 aliphatic heterocycles. The quantitative estimate of drug-likeness (QED) is 0.685. The van der Waals surface area contributed by atoms with Gasteiger partial charge in [0.1, 0.15) is 0 Å². The van der Waals surface area contributed by atoms with Gasteiger partial charge in [0.25, 0.3) is 0 Å². The van der Waals surface area contributed by atoms with Gasteiger partial charge in [0.15, 0.2) is 0 Å². The van der Waals surface area contributed by atoms with Crippen molar-refractivity contribution >= 4 is 11.9 Å². The number of hydrogen-bond acceptors (Lipinski definition) is 3. The number of fused-ring (bicyclic) bond motifs is 2. The van der Waals surface area contributed by atoms with E-state index < -0.39 is 5.97 Å². The van der Waals surface area contributed by atoms with Crippen molar-refractivity contribution in [1.82, 2.24) is 10.2 Å². The van der Waals surface area contributed by atoms with E-state index in [0.717, 1.165) is 11.8 Å². The third-order valence-electron chi connectivity index (χ3n) is 4.86. The lowest BCUT2D eigenvalue weighted by Gasteiger charge is -2.29. The zero-order valence-electron chi connectivity index (χ0n) is 12.5. The molecule has 0 heterocycles. The molecule has 5 heteroatoms. The molecule has 2 N–H and O–H groups in total. The highest BCUT2D eigenvalue weighted by atomic mass is 16.4. The predicted molar refractivity (Wildman–Crippen MR) is 79.5 cm³/mol. The van der Waals surface area contributed by atoms with Gasteiger partial charge < -0.3 is 10.4 Å². The number of hydrogen-bond donors (Lipinski definition) is 2. The molecule has 1 amide bonds. The van der Waals surface area contributed by atoms with E-state index in [9.17, 15) is 9.59 Å². The summed E-state index contributed by atoms with van der Waals surface area (Å²) in [5.41, 5.74) is 0. The van der Waals surface area contributed by atoms with Crippen LogP contribution in [0, 0.1) is 30.1 Å². The molecule has 4 atom stereocenters. The second kappa shape index (κ2) is 6.95. The van der Waals surface area contributed by atoms with Gasteiger partial charge in [-0.25, -0.2) is 0 Å². The predicted octanol–water partition coefficient (Wildman–Crippen LogP) is 0.947. The van der Waals surface area contributed by atoms with Crippen LogP contribution in [0.5, 0.6) is 0 Å². The largest absolute Gasteiger partial charge is 0.480 e. The van der Waals surface area contributed by atoms with Crippen LogP contribution in [0.3, 0.4) is 0 Å². The zero-order valence-corrected chi connectivity index (χ0v) is 12.5. The van der Waals surface area contributed by atoms with Crippen molar-refractivity contribution in [2.24, 2.45) is 17.8 Å². The van der Waals surface area contributed by atoms with Crippen LogP contribution in [0.1, 0.15) is 32.6 Å². The average molecular weight is 292 g/mol. The van der Waals surface area contributed by atoms with E-state index in [1.165, 1.54) is 30.6 Å². The highest BCUT2D eigenvalue weighted by Gasteiger charge is 2.42. The third-order valence-corrected chi connectivity index (χ3v) is 4.86. The summed E-state index contributed by atoms with van der Waals surface area (Å²) in [7, 11) is 0. The molecule has 0 aromatic rings. The fourth-order valence-electron chi connectivity index (χ4n) is 4.00. The van der Waals surface area contributed by atoms with Crippen molar-refractivity contribution in [3.05, 3.63) is 0 Å². The van der Waals surface area contributed by atoms with Crippen LogP contribution in [-0.2, 0) is 9.59 Å². The van der Waals surface area contributed by atoms with Crippen molar-refractivity contribution in [3.8, 4) is 12.3 Å². The number of amides is 1. The topological polar surface area (TPSA) is 69.6 Å². The highest BCUT2D eigenvalue weighted by Crippen LogP contribution is 2.49. The van der Waals surface area contributed by atoms with Crippen molar-refractivity contribution < 1.29 is 14.7 Å². The summed E-state index contributed by atoms with van der Waals surface area (Å²) in [6.07, 6.45) is 10.4. The molecule has 0 radical (unpaired) electrons. The molecule has 0 spiro atoms. The Morgan fingerprint density at radius 2 is 2.14 bits per heavy atom. The number of carbonyl (C=O) groups excluding carboxylic acids is 1. The maximum atomic E-state index is 12.1. The van der Waals surface area contributed by atoms with E-state index in [-0.39, 0.29) is 31.6 Å². The number of aliphatic carboxylic acids is 1. The van der Waals surface area contributed by atoms with E-state index in [1.54, 1.807) is 0 Å². The first-order valence-electron chi connectivity index (χ1n) is 7.66. The maximum absolute atomic E-state index is 12.1. The standard InChI is InChI=1S/C16H24N2O3/c1-3-6-18(10-16(20)21)9-15(19)17-11(2)14-8-12-4-5-13(14)7-12/h1,11-14H,4-10H2,2H3,(H,17,19)(H,20,21). The molecule has 2 saturated carbocycles. The molecule has 0 aromatic heterocycles. The molecule has 2 bridgehead atoms. The minimum atomic E-state index is -0.973. The second-order valence-corrected chi connectivity index (χ2v) is 6.44. The van der Waals surface area contributed by atoms with Gasteiger partial charge in [0.05, 0.1) is 19.6 Å². The number of nitrogens with zero attached hydrogens (tertiary/aromatic N) is 1. The third kappa shape index (κ3) is 4.21. The summed E-state index contributed by atoms with van der Waals surface area (Å²) in [5.74, 6) is 3.47. The minimum absolute atomic E-state index is 0.0433. The maximum Gasteiger partial charge on any atom is 0.317 e. The van der Waals surface area contributed by atoms with Gasteiger partial charge in [0.2, 0.25) is 5.91 Å². The lowest BCUT2D eigenvalue weighted by Crippen LogP contribution is -2.46. The number of carboxylic acid groups (broad SMARTS) is 1. The summed E-state index contributed by atoms with van der Waals surface area (Å²) in [6, 6.07) is 0.158. The highest BCUT2D eigenvalue weighted by molar-refractivity contribution is 5.79. The Bertz CT molecular complexity index is 443. The number of carbonyl (C=O) groups is 2. The van der Waals surface area contributed by atoms with Gasteiger partial charge in [-0.2, -0.15) is 0 Å². The molecular formula is C16H24N2O3. The fraction of sp³-hybridized carbons (Fsp3) is 0.750. The second-order valence-electron chi connectivity index (χ2n) is 6.44. The molecule has 0 aromatic carbocycles. The van der Waals surface area contributed by atoms with Gasteiger partial charge in [-0.3, -0.25) is 14.5 Å². The van der Waals surface area contributed by atoms with E-state index in [0.29, 0.717) is 5.92 Å². The van der Waals surface area contributed by atoms with Gasteiger partial charge in [-0.15, -0.1) is 6.42 Å². The van der Waals surface area contributed by atoms with Crippen LogP contribution in [0.15, 0.2) is 0 Å². The van der Waals surface area contributed by atoms with Crippen molar-refractivity contribution in [2.75, 3.05) is 19.6 Å². The molecule has 116 valence electrons. The zero-order chi connectivity index (χ0) is 15.4. The Kier molecular flexibility index (Phi) is 5.24. The van der Waals surface area contributed by atoms with Crippen molar-refractivity contribution in [2.45, 2.75) is 38.6 Å². The number of terminal acetylenes is 1. The van der Waals surface area contributed by atoms with Gasteiger partial charge >= 0.3 is 5.97 Å². The molecule has 2 aliphatic rings. The SMILES string of the molecule is C#CCN(CC(=O)O)CC(=O)NC(C)C1CC2CCC1C2. The molecule has 5 nitrogen and oxygen atoms in total. The Hall–Kier alpha value is -1.54. The van der Waals surface area contributed by atoms with Gasteiger partial charge in [-0.05, 0) is 43.9 Å². The van der Waals surface area contributed by atoms with Crippen molar-refractivity contribution in [1.29, 1.82) is 0 Å². The number of rotatable bonds is 7. The molecule has 2 aliphatic carbocycles. The first-order chi connectivity index (χ1) is 9.99. The van der Waals surface area contributed by atoms with Gasteiger partial charge in [0, 0.05) is 6.04 Å². The lowest BCUT2D eigenvalue weighted by atomic mass is 9.84. The minimum Gasteiger partial charge on any atom is -0.480 e. The summed E-state index contributed by atoms with van der Waals surface area (Å²) in [4.78, 5) is 24.3. The molecule has 0 saturated heterocycles. The molecule has 21 heavy (non-hydrogen) atoms. The fourth-order valence-corrected chi connectivity index (χ4v) is 4.00. The van der Waals surface area contributed by atoms with Crippen LogP contribution in [0.4, 0.5) is 0 Å². The number of carboxylic acids is 1. The normalized spacial score (nSPS) is 28.3. The summed E-state index contributed by atoms with van der Waals surface area (Å²) >= 11 is 0. The Balaban J connectivity index is 1.80. The molecule has 2 rings (SSSR count). The van der Waals surface area contributed by atoms with Crippen LogP contribution < -0.4 is 5.32 Å². The van der Waals surface area contributed by atoms with E-state index in [4.69, 9.17) is 11.5 Å². The monoisotopic (exact) mass is 292 g/mol. The van der Waals surface area contributed by atoms with Crippen LogP contribution in [0.2, 0.25) is 0 Å². The first kappa shape index (κ1) is 15.8. The van der Waals surface area contributed by atoms with Crippen LogP contribution in [-0.4, -0.2) is 47.6 Å². The Labute approximate surface area is 126 Å². The summed E-state index contributed by atoms with van der Waals surface area (Å²) in [6.45, 7) is 2.07. The average Bonchev–Trinajstić information content (AvgIpc) is 3.00. The Morgan fingerprint density at radius 1 is 1.38 bits per heavy atom. The summed E-state index contributed by atoms with van der Waals surface area (Å²) < 4.78 is 0. The van der Waals surface area contributed by atoms with E-state index in [1.807, 2.05) is 0 Å².